The summed E-state index contributed by atoms with van der Waals surface area (Å²) in [6.07, 6.45) is 3.44. The van der Waals surface area contributed by atoms with Crippen molar-refractivity contribution in [2.75, 3.05) is 6.61 Å². The molecule has 0 bridgehead atoms. The second-order valence-corrected chi connectivity index (χ2v) is 4.35. The van der Waals surface area contributed by atoms with Gasteiger partial charge in [0.2, 0.25) is 0 Å². The number of amides is 1. The lowest BCUT2D eigenvalue weighted by molar-refractivity contribution is 0.0949. The number of aliphatic hydroxyl groups is 1. The fourth-order valence-electron chi connectivity index (χ4n) is 1.63. The van der Waals surface area contributed by atoms with E-state index in [9.17, 15) is 4.79 Å². The Labute approximate surface area is 122 Å². The second kappa shape index (κ2) is 7.22. The molecule has 0 aliphatic heterocycles. The molecule has 6 heteroatoms. The van der Waals surface area contributed by atoms with Gasteiger partial charge in [0.05, 0.1) is 18.7 Å². The molecule has 2 aromatic heterocycles. The Morgan fingerprint density at radius 2 is 2.29 bits per heavy atom. The number of nitrogens with zero attached hydrogens (tertiary/aromatic N) is 2. The highest BCUT2D eigenvalue weighted by molar-refractivity contribution is 5.94. The van der Waals surface area contributed by atoms with Gasteiger partial charge < -0.3 is 14.9 Å². The highest BCUT2D eigenvalue weighted by Crippen LogP contribution is 2.04. The van der Waals surface area contributed by atoms with Crippen LogP contribution >= 0.6 is 0 Å². The first-order chi connectivity index (χ1) is 10.2. The number of aliphatic hydroxyl groups excluding tert-OH is 1. The van der Waals surface area contributed by atoms with Crippen LogP contribution in [0.5, 0.6) is 0 Å². The smallest absolute Gasteiger partial charge is 0.253 e. The molecule has 0 saturated heterocycles. The zero-order chi connectivity index (χ0) is 15.1. The highest BCUT2D eigenvalue weighted by atomic mass is 16.5. The number of hydrogen-bond donors (Lipinski definition) is 2. The van der Waals surface area contributed by atoms with E-state index in [2.05, 4.69) is 27.3 Å². The van der Waals surface area contributed by atoms with E-state index in [1.165, 1.54) is 6.20 Å². The molecule has 21 heavy (non-hydrogen) atoms. The molecule has 0 fully saturated rings. The van der Waals surface area contributed by atoms with E-state index in [0.717, 1.165) is 0 Å². The Morgan fingerprint density at radius 1 is 1.43 bits per heavy atom. The molecule has 0 aromatic carbocycles. The summed E-state index contributed by atoms with van der Waals surface area (Å²) < 4.78 is 4.92. The number of carbonyl (C=O) groups is 1. The summed E-state index contributed by atoms with van der Waals surface area (Å²) in [5.41, 5.74) is 1.71. The minimum atomic E-state index is -0.256. The first-order valence-corrected chi connectivity index (χ1v) is 6.44. The van der Waals surface area contributed by atoms with Crippen molar-refractivity contribution >= 4 is 5.91 Å². The molecule has 2 heterocycles. The van der Waals surface area contributed by atoms with Gasteiger partial charge in [-0.05, 0) is 13.0 Å². The molecule has 108 valence electrons. The summed E-state index contributed by atoms with van der Waals surface area (Å²) in [6, 6.07) is 3.41. The maximum absolute atomic E-state index is 12.0. The standard InChI is InChI=1S/C15H15N3O3/c1-11-6-14(18-21-11)10-17-15(20)13-7-12(8-16-9-13)4-2-3-5-19/h6-9,19H,3,5,10H2,1H3,(H,17,20). The van der Waals surface area contributed by atoms with Crippen molar-refractivity contribution in [2.45, 2.75) is 19.9 Å². The van der Waals surface area contributed by atoms with Crippen LogP contribution in [-0.2, 0) is 6.54 Å². The van der Waals surface area contributed by atoms with Crippen LogP contribution in [0, 0.1) is 18.8 Å². The molecule has 2 aromatic rings. The van der Waals surface area contributed by atoms with Gasteiger partial charge in [-0.1, -0.05) is 17.0 Å². The molecule has 1 amide bonds. The van der Waals surface area contributed by atoms with Gasteiger partial charge in [-0.15, -0.1) is 0 Å². The average Bonchev–Trinajstić information content (AvgIpc) is 2.91. The van der Waals surface area contributed by atoms with Crippen molar-refractivity contribution in [1.29, 1.82) is 0 Å². The SMILES string of the molecule is Cc1cc(CNC(=O)c2cncc(C#CCCO)c2)no1. The molecular weight excluding hydrogens is 270 g/mol. The Bertz CT molecular complexity index is 683. The molecular formula is C15H15N3O3. The fourth-order valence-corrected chi connectivity index (χ4v) is 1.63. The van der Waals surface area contributed by atoms with E-state index in [1.54, 1.807) is 25.3 Å². The summed E-state index contributed by atoms with van der Waals surface area (Å²) in [5.74, 6) is 6.06. The van der Waals surface area contributed by atoms with E-state index >= 15 is 0 Å². The molecule has 0 spiro atoms. The molecule has 0 atom stereocenters. The van der Waals surface area contributed by atoms with Gasteiger partial charge >= 0.3 is 0 Å². The summed E-state index contributed by atoms with van der Waals surface area (Å²) in [6.45, 7) is 2.09. The molecule has 0 aliphatic rings. The van der Waals surface area contributed by atoms with Crippen LogP contribution in [0.2, 0.25) is 0 Å². The first kappa shape index (κ1) is 14.8. The van der Waals surface area contributed by atoms with Crippen molar-refractivity contribution in [3.63, 3.8) is 0 Å². The van der Waals surface area contributed by atoms with Gasteiger partial charge in [-0.2, -0.15) is 0 Å². The molecule has 0 aliphatic carbocycles. The van der Waals surface area contributed by atoms with Gasteiger partial charge in [-0.3, -0.25) is 9.78 Å². The highest BCUT2D eigenvalue weighted by Gasteiger charge is 2.08. The van der Waals surface area contributed by atoms with Crippen LogP contribution in [-0.4, -0.2) is 27.8 Å². The zero-order valence-electron chi connectivity index (χ0n) is 11.6. The lowest BCUT2D eigenvalue weighted by atomic mass is 10.2. The van der Waals surface area contributed by atoms with Gasteiger partial charge in [0.25, 0.3) is 5.91 Å². The van der Waals surface area contributed by atoms with E-state index in [-0.39, 0.29) is 19.1 Å². The normalized spacial score (nSPS) is 9.81. The minimum Gasteiger partial charge on any atom is -0.395 e. The predicted octanol–water partition coefficient (Wildman–Crippen LogP) is 1.04. The molecule has 0 unspecified atom stereocenters. The number of aromatic nitrogens is 2. The van der Waals surface area contributed by atoms with Crippen molar-refractivity contribution in [1.82, 2.24) is 15.5 Å². The minimum absolute atomic E-state index is 0.0116. The maximum atomic E-state index is 12.0. The van der Waals surface area contributed by atoms with Crippen molar-refractivity contribution in [3.05, 3.63) is 47.1 Å². The predicted molar refractivity (Wildman–Crippen MR) is 75.2 cm³/mol. The maximum Gasteiger partial charge on any atom is 0.253 e. The first-order valence-electron chi connectivity index (χ1n) is 6.44. The van der Waals surface area contributed by atoms with E-state index < -0.39 is 0 Å². The largest absolute Gasteiger partial charge is 0.395 e. The summed E-state index contributed by atoms with van der Waals surface area (Å²) in [5, 5.41) is 15.2. The fraction of sp³-hybridized carbons (Fsp3) is 0.267. The Balaban J connectivity index is 1.99. The molecule has 0 saturated carbocycles. The lowest BCUT2D eigenvalue weighted by Gasteiger charge is -2.02. The van der Waals surface area contributed by atoms with Crippen LogP contribution in [0.4, 0.5) is 0 Å². The molecule has 2 N–H and O–H groups in total. The third-order valence-corrected chi connectivity index (χ3v) is 2.58. The van der Waals surface area contributed by atoms with Crippen molar-refractivity contribution in [3.8, 4) is 11.8 Å². The third kappa shape index (κ3) is 4.44. The molecule has 2 rings (SSSR count). The third-order valence-electron chi connectivity index (χ3n) is 2.58. The molecule has 6 nitrogen and oxygen atoms in total. The van der Waals surface area contributed by atoms with E-state index in [0.29, 0.717) is 29.0 Å². The van der Waals surface area contributed by atoms with Crippen LogP contribution in [0.15, 0.2) is 29.0 Å². The van der Waals surface area contributed by atoms with Crippen LogP contribution in [0.3, 0.4) is 0 Å². The average molecular weight is 285 g/mol. The van der Waals surface area contributed by atoms with Gasteiger partial charge in [0, 0.05) is 30.4 Å². The summed E-state index contributed by atoms with van der Waals surface area (Å²) in [7, 11) is 0. The second-order valence-electron chi connectivity index (χ2n) is 4.35. The van der Waals surface area contributed by atoms with Gasteiger partial charge in [0.1, 0.15) is 11.5 Å². The van der Waals surface area contributed by atoms with Crippen molar-refractivity contribution < 1.29 is 14.4 Å². The number of rotatable bonds is 4. The van der Waals surface area contributed by atoms with Crippen LogP contribution in [0.1, 0.15) is 33.8 Å². The van der Waals surface area contributed by atoms with Crippen molar-refractivity contribution in [2.24, 2.45) is 0 Å². The summed E-state index contributed by atoms with van der Waals surface area (Å²) in [4.78, 5) is 16.0. The van der Waals surface area contributed by atoms with E-state index in [1.807, 2.05) is 0 Å². The monoisotopic (exact) mass is 285 g/mol. The Kier molecular flexibility index (Phi) is 5.07. The van der Waals surface area contributed by atoms with Gasteiger partial charge in [-0.25, -0.2) is 0 Å². The number of pyridine rings is 1. The number of nitrogens with one attached hydrogen (secondary N) is 1. The quantitative estimate of drug-likeness (QED) is 0.819. The summed E-state index contributed by atoms with van der Waals surface area (Å²) >= 11 is 0. The number of carbonyl (C=O) groups excluding carboxylic acids is 1. The van der Waals surface area contributed by atoms with Gasteiger partial charge in [0.15, 0.2) is 0 Å². The Morgan fingerprint density at radius 3 is 3.00 bits per heavy atom. The topological polar surface area (TPSA) is 88.2 Å². The van der Waals surface area contributed by atoms with Crippen LogP contribution < -0.4 is 5.32 Å². The Hall–Kier alpha value is -2.65. The lowest BCUT2D eigenvalue weighted by Crippen LogP contribution is -2.23. The van der Waals surface area contributed by atoms with E-state index in [4.69, 9.17) is 9.63 Å². The zero-order valence-corrected chi connectivity index (χ0v) is 11.6. The molecule has 0 radical (unpaired) electrons. The van der Waals surface area contributed by atoms with Crippen LogP contribution in [0.25, 0.3) is 0 Å². The number of hydrogen-bond acceptors (Lipinski definition) is 5. The number of aryl methyl sites for hydroxylation is 1.